The van der Waals surface area contributed by atoms with Crippen LogP contribution in [-0.4, -0.2) is 28.2 Å². The Morgan fingerprint density at radius 1 is 1.19 bits per heavy atom. The topological polar surface area (TPSA) is 109 Å². The Balaban J connectivity index is 1.53. The number of amides is 2. The minimum atomic E-state index is -0.451. The highest BCUT2D eigenvalue weighted by Crippen LogP contribution is 2.22. The van der Waals surface area contributed by atoms with Crippen molar-refractivity contribution in [2.75, 3.05) is 5.32 Å². The number of nitrogens with one attached hydrogen (secondary N) is 2. The minimum absolute atomic E-state index is 0.0537. The summed E-state index contributed by atoms with van der Waals surface area (Å²) >= 11 is 13.1. The van der Waals surface area contributed by atoms with E-state index in [-0.39, 0.29) is 17.3 Å². The number of carbonyl (C=O) groups excluding carboxylic acids is 2. The number of benzene rings is 1. The van der Waals surface area contributed by atoms with Crippen LogP contribution in [0.4, 0.5) is 5.13 Å². The zero-order valence-electron chi connectivity index (χ0n) is 13.5. The molecule has 2 heterocycles. The number of rotatable bonds is 6. The van der Waals surface area contributed by atoms with Gasteiger partial charge < -0.3 is 4.42 Å². The first-order valence-electron chi connectivity index (χ1n) is 7.46. The van der Waals surface area contributed by atoms with E-state index in [1.807, 2.05) is 0 Å². The van der Waals surface area contributed by atoms with Crippen LogP contribution in [0, 0.1) is 0 Å². The summed E-state index contributed by atoms with van der Waals surface area (Å²) in [6.45, 7) is 0. The number of hydrazone groups is 1. The number of anilines is 1. The first kappa shape index (κ1) is 19.0. The van der Waals surface area contributed by atoms with Crippen molar-refractivity contribution in [3.8, 4) is 0 Å². The summed E-state index contributed by atoms with van der Waals surface area (Å²) in [7, 11) is 0. The molecular formula is C16H11Cl2N5O3S. The van der Waals surface area contributed by atoms with Gasteiger partial charge in [0, 0.05) is 5.56 Å². The monoisotopic (exact) mass is 423 g/mol. The zero-order chi connectivity index (χ0) is 19.2. The number of hydrogen-bond acceptors (Lipinski definition) is 7. The molecular weight excluding hydrogens is 413 g/mol. The first-order valence-corrected chi connectivity index (χ1v) is 9.03. The molecule has 0 atom stereocenters. The molecule has 0 bridgehead atoms. The lowest BCUT2D eigenvalue weighted by atomic mass is 10.2. The van der Waals surface area contributed by atoms with Gasteiger partial charge in [0.05, 0.1) is 28.9 Å². The molecule has 138 valence electrons. The second-order valence-corrected chi connectivity index (χ2v) is 6.91. The van der Waals surface area contributed by atoms with E-state index in [2.05, 4.69) is 26.0 Å². The molecule has 0 saturated carbocycles. The maximum absolute atomic E-state index is 11.9. The normalized spacial score (nSPS) is 10.9. The van der Waals surface area contributed by atoms with Gasteiger partial charge in [0.25, 0.3) is 5.91 Å². The van der Waals surface area contributed by atoms with Crippen LogP contribution >= 0.6 is 34.5 Å². The summed E-state index contributed by atoms with van der Waals surface area (Å²) in [6.07, 6.45) is 2.70. The number of aromatic nitrogens is 2. The highest BCUT2D eigenvalue weighted by molar-refractivity contribution is 7.15. The molecule has 0 aliphatic carbocycles. The summed E-state index contributed by atoms with van der Waals surface area (Å²) in [5.74, 6) is -0.708. The van der Waals surface area contributed by atoms with Gasteiger partial charge in [-0.2, -0.15) is 5.10 Å². The summed E-state index contributed by atoms with van der Waals surface area (Å²) in [6, 6.07) is 8.15. The molecule has 8 nitrogen and oxygen atoms in total. The van der Waals surface area contributed by atoms with E-state index in [0.717, 1.165) is 11.3 Å². The number of halogens is 2. The summed E-state index contributed by atoms with van der Waals surface area (Å²) in [5, 5.41) is 15.5. The van der Waals surface area contributed by atoms with Gasteiger partial charge >= 0.3 is 0 Å². The molecule has 0 unspecified atom stereocenters. The van der Waals surface area contributed by atoms with Crippen molar-refractivity contribution in [3.63, 3.8) is 0 Å². The molecule has 0 aliphatic rings. The highest BCUT2D eigenvalue weighted by atomic mass is 35.5. The maximum atomic E-state index is 11.9. The number of hydrogen-bond donors (Lipinski definition) is 2. The quantitative estimate of drug-likeness (QED) is 0.466. The van der Waals surface area contributed by atoms with Crippen molar-refractivity contribution in [2.24, 2.45) is 5.10 Å². The molecule has 0 saturated heterocycles. The van der Waals surface area contributed by atoms with Crippen LogP contribution < -0.4 is 10.7 Å². The molecule has 2 N–H and O–H groups in total. The van der Waals surface area contributed by atoms with Crippen LogP contribution in [0.2, 0.25) is 10.0 Å². The van der Waals surface area contributed by atoms with Crippen LogP contribution in [0.3, 0.4) is 0 Å². The third-order valence-electron chi connectivity index (χ3n) is 3.13. The van der Waals surface area contributed by atoms with Crippen molar-refractivity contribution in [1.29, 1.82) is 0 Å². The van der Waals surface area contributed by atoms with E-state index in [1.54, 1.807) is 24.3 Å². The Hall–Kier alpha value is -2.75. The standard InChI is InChI=1S/C16H11Cl2N5O3S/c17-10-3-1-4-11(18)9(10)8-19-21-13(24)7-14-22-23-16(27-14)20-15(25)12-5-2-6-26-12/h1-6,8H,7H2,(H,21,24)(H,20,23,25)/b19-8+. The molecule has 3 aromatic rings. The van der Waals surface area contributed by atoms with E-state index in [4.69, 9.17) is 27.6 Å². The molecule has 3 rings (SSSR count). The summed E-state index contributed by atoms with van der Waals surface area (Å²) in [5.41, 5.74) is 2.86. The molecule has 11 heteroatoms. The van der Waals surface area contributed by atoms with Gasteiger partial charge in [-0.3, -0.25) is 14.9 Å². The molecule has 1 aromatic carbocycles. The second kappa shape index (κ2) is 8.76. The van der Waals surface area contributed by atoms with Gasteiger partial charge in [-0.15, -0.1) is 10.2 Å². The predicted octanol–water partition coefficient (Wildman–Crippen LogP) is 3.38. The Morgan fingerprint density at radius 3 is 2.67 bits per heavy atom. The Bertz CT molecular complexity index is 968. The number of furan rings is 1. The molecule has 0 fully saturated rings. The minimum Gasteiger partial charge on any atom is -0.459 e. The van der Waals surface area contributed by atoms with Gasteiger partial charge in [-0.05, 0) is 24.3 Å². The SMILES string of the molecule is O=C(Cc1nnc(NC(=O)c2ccco2)s1)N/N=C/c1c(Cl)cccc1Cl. The van der Waals surface area contributed by atoms with Crippen LogP contribution in [0.15, 0.2) is 46.1 Å². The molecule has 0 radical (unpaired) electrons. The largest absolute Gasteiger partial charge is 0.459 e. The fraction of sp³-hybridized carbons (Fsp3) is 0.0625. The third-order valence-corrected chi connectivity index (χ3v) is 4.62. The number of nitrogens with zero attached hydrogens (tertiary/aromatic N) is 3. The molecule has 0 aliphatic heterocycles. The van der Waals surface area contributed by atoms with Crippen LogP contribution in [-0.2, 0) is 11.2 Å². The first-order chi connectivity index (χ1) is 13.0. The van der Waals surface area contributed by atoms with E-state index in [1.165, 1.54) is 18.5 Å². The Labute approximate surface area is 167 Å². The lowest BCUT2D eigenvalue weighted by Gasteiger charge is -2.00. The second-order valence-electron chi connectivity index (χ2n) is 5.04. The van der Waals surface area contributed by atoms with Crippen LogP contribution in [0.25, 0.3) is 0 Å². The number of carbonyl (C=O) groups is 2. The average molecular weight is 424 g/mol. The molecule has 27 heavy (non-hydrogen) atoms. The molecule has 2 amide bonds. The van der Waals surface area contributed by atoms with Crippen molar-refractivity contribution < 1.29 is 14.0 Å². The lowest BCUT2D eigenvalue weighted by Crippen LogP contribution is -2.19. The lowest BCUT2D eigenvalue weighted by molar-refractivity contribution is -0.120. The van der Waals surface area contributed by atoms with Gasteiger partial charge in [-0.1, -0.05) is 40.6 Å². The van der Waals surface area contributed by atoms with E-state index >= 15 is 0 Å². The van der Waals surface area contributed by atoms with Crippen LogP contribution in [0.1, 0.15) is 21.1 Å². The molecule has 2 aromatic heterocycles. The van der Waals surface area contributed by atoms with Gasteiger partial charge in [0.15, 0.2) is 5.76 Å². The van der Waals surface area contributed by atoms with Crippen molar-refractivity contribution >= 4 is 57.7 Å². The summed E-state index contributed by atoms with van der Waals surface area (Å²) < 4.78 is 4.98. The smallest absolute Gasteiger partial charge is 0.293 e. The zero-order valence-corrected chi connectivity index (χ0v) is 15.8. The van der Waals surface area contributed by atoms with E-state index in [9.17, 15) is 9.59 Å². The Morgan fingerprint density at radius 2 is 1.96 bits per heavy atom. The van der Waals surface area contributed by atoms with Crippen molar-refractivity contribution in [2.45, 2.75) is 6.42 Å². The third kappa shape index (κ3) is 5.13. The van der Waals surface area contributed by atoms with Gasteiger partial charge in [-0.25, -0.2) is 5.43 Å². The van der Waals surface area contributed by atoms with Crippen LogP contribution in [0.5, 0.6) is 0 Å². The molecule has 0 spiro atoms. The fourth-order valence-electron chi connectivity index (χ4n) is 1.92. The highest BCUT2D eigenvalue weighted by Gasteiger charge is 2.14. The van der Waals surface area contributed by atoms with Gasteiger partial charge in [0.2, 0.25) is 11.0 Å². The summed E-state index contributed by atoms with van der Waals surface area (Å²) in [4.78, 5) is 23.8. The van der Waals surface area contributed by atoms with E-state index < -0.39 is 11.8 Å². The van der Waals surface area contributed by atoms with Crippen molar-refractivity contribution in [1.82, 2.24) is 15.6 Å². The van der Waals surface area contributed by atoms with Gasteiger partial charge in [0.1, 0.15) is 5.01 Å². The van der Waals surface area contributed by atoms with Crippen molar-refractivity contribution in [3.05, 3.63) is 63.0 Å². The predicted molar refractivity (Wildman–Crippen MR) is 102 cm³/mol. The average Bonchev–Trinajstić information content (AvgIpc) is 3.30. The van der Waals surface area contributed by atoms with E-state index in [0.29, 0.717) is 20.6 Å². The fourth-order valence-corrected chi connectivity index (χ4v) is 3.15. The Kier molecular flexibility index (Phi) is 6.17. The maximum Gasteiger partial charge on any atom is 0.293 e.